The summed E-state index contributed by atoms with van der Waals surface area (Å²) in [5, 5.41) is 0.559. The fourth-order valence-corrected chi connectivity index (χ4v) is 1.40. The maximum absolute atomic E-state index is 10.7. The largest absolute Gasteiger partial charge is 0.455 e. The summed E-state index contributed by atoms with van der Waals surface area (Å²) in [6.07, 6.45) is 1.38. The van der Waals surface area contributed by atoms with Crippen LogP contribution in [0.25, 0.3) is 0 Å². The van der Waals surface area contributed by atoms with Crippen molar-refractivity contribution in [3.8, 4) is 0 Å². The third kappa shape index (κ3) is 3.14. The van der Waals surface area contributed by atoms with Gasteiger partial charge in [0, 0.05) is 18.5 Å². The van der Waals surface area contributed by atoms with Crippen LogP contribution in [0.4, 0.5) is 0 Å². The summed E-state index contributed by atoms with van der Waals surface area (Å²) in [6.45, 7) is 1.39. The van der Waals surface area contributed by atoms with E-state index in [9.17, 15) is 4.79 Å². The van der Waals surface area contributed by atoms with Crippen LogP contribution in [0.2, 0.25) is 0 Å². The average molecular weight is 244 g/mol. The third-order valence-electron chi connectivity index (χ3n) is 1.47. The number of rotatable bonds is 3. The van der Waals surface area contributed by atoms with Crippen molar-refractivity contribution < 1.29 is 9.53 Å². The second-order valence-electron chi connectivity index (χ2n) is 2.51. The van der Waals surface area contributed by atoms with Gasteiger partial charge in [0.1, 0.15) is 0 Å². The van der Waals surface area contributed by atoms with Gasteiger partial charge in [-0.05, 0) is 12.1 Å². The van der Waals surface area contributed by atoms with Gasteiger partial charge in [0.25, 0.3) is 0 Å². The molecule has 1 atom stereocenters. The van der Waals surface area contributed by atoms with Crippen molar-refractivity contribution in [1.29, 1.82) is 0 Å². The van der Waals surface area contributed by atoms with Gasteiger partial charge in [-0.3, -0.25) is 9.78 Å². The molecule has 0 aliphatic carbocycles. The molecular formula is C9H10BrNO2. The molecule has 1 rings (SSSR count). The summed E-state index contributed by atoms with van der Waals surface area (Å²) in [4.78, 5) is 14.8. The van der Waals surface area contributed by atoms with Gasteiger partial charge < -0.3 is 4.74 Å². The van der Waals surface area contributed by atoms with Gasteiger partial charge in [0.2, 0.25) is 0 Å². The first-order chi connectivity index (χ1) is 6.24. The Morgan fingerprint density at radius 2 is 2.46 bits per heavy atom. The Morgan fingerprint density at radius 1 is 1.69 bits per heavy atom. The number of halogens is 1. The van der Waals surface area contributed by atoms with Crippen molar-refractivity contribution in [2.24, 2.45) is 0 Å². The third-order valence-corrected chi connectivity index (χ3v) is 2.05. The minimum Gasteiger partial charge on any atom is -0.455 e. The molecular weight excluding hydrogens is 234 g/mol. The quantitative estimate of drug-likeness (QED) is 0.603. The van der Waals surface area contributed by atoms with Gasteiger partial charge in [-0.25, -0.2) is 0 Å². The lowest BCUT2D eigenvalue weighted by atomic mass is 10.2. The monoisotopic (exact) mass is 243 g/mol. The molecule has 0 aliphatic heterocycles. The van der Waals surface area contributed by atoms with Crippen molar-refractivity contribution in [3.63, 3.8) is 0 Å². The van der Waals surface area contributed by atoms with Gasteiger partial charge in [0.05, 0.1) is 5.69 Å². The number of alkyl halides is 1. The number of pyridine rings is 1. The summed E-state index contributed by atoms with van der Waals surface area (Å²) in [7, 11) is 0. The van der Waals surface area contributed by atoms with E-state index >= 15 is 0 Å². The van der Waals surface area contributed by atoms with Crippen LogP contribution in [0.3, 0.4) is 0 Å². The summed E-state index contributed by atoms with van der Waals surface area (Å²) >= 11 is 3.26. The van der Waals surface area contributed by atoms with Gasteiger partial charge in [0.15, 0.2) is 6.10 Å². The van der Waals surface area contributed by atoms with E-state index in [1.54, 1.807) is 6.20 Å². The predicted molar refractivity (Wildman–Crippen MR) is 52.5 cm³/mol. The lowest BCUT2D eigenvalue weighted by molar-refractivity contribution is -0.145. The highest BCUT2D eigenvalue weighted by Crippen LogP contribution is 2.16. The van der Waals surface area contributed by atoms with Crippen LogP contribution in [0.15, 0.2) is 24.4 Å². The van der Waals surface area contributed by atoms with E-state index in [1.165, 1.54) is 6.92 Å². The highest BCUT2D eigenvalue weighted by Gasteiger charge is 2.13. The van der Waals surface area contributed by atoms with Crippen molar-refractivity contribution in [1.82, 2.24) is 4.98 Å². The fraction of sp³-hybridized carbons (Fsp3) is 0.333. The maximum atomic E-state index is 10.7. The lowest BCUT2D eigenvalue weighted by Gasteiger charge is -2.12. The van der Waals surface area contributed by atoms with Crippen LogP contribution >= 0.6 is 15.9 Å². The molecule has 0 fully saturated rings. The first kappa shape index (κ1) is 10.2. The molecule has 70 valence electrons. The normalized spacial score (nSPS) is 12.2. The van der Waals surface area contributed by atoms with Crippen LogP contribution in [-0.4, -0.2) is 16.3 Å². The van der Waals surface area contributed by atoms with Gasteiger partial charge in [-0.15, -0.1) is 0 Å². The SMILES string of the molecule is CC(=O)OC(CBr)c1ccccn1. The number of hydrogen-bond acceptors (Lipinski definition) is 3. The molecule has 1 unspecified atom stereocenters. The van der Waals surface area contributed by atoms with E-state index in [0.29, 0.717) is 5.33 Å². The molecule has 1 aromatic heterocycles. The molecule has 1 aromatic rings. The van der Waals surface area contributed by atoms with E-state index in [4.69, 9.17) is 4.74 Å². The van der Waals surface area contributed by atoms with Crippen molar-refractivity contribution in [2.75, 3.05) is 5.33 Å². The van der Waals surface area contributed by atoms with E-state index in [-0.39, 0.29) is 12.1 Å². The summed E-state index contributed by atoms with van der Waals surface area (Å²) in [5.74, 6) is -0.296. The van der Waals surface area contributed by atoms with Crippen LogP contribution in [0, 0.1) is 0 Å². The molecule has 1 heterocycles. The van der Waals surface area contributed by atoms with Gasteiger partial charge in [-0.2, -0.15) is 0 Å². The van der Waals surface area contributed by atoms with Crippen LogP contribution in [-0.2, 0) is 9.53 Å². The first-order valence-corrected chi connectivity index (χ1v) is 5.00. The number of carbonyl (C=O) groups is 1. The van der Waals surface area contributed by atoms with E-state index < -0.39 is 0 Å². The molecule has 0 amide bonds. The minimum absolute atomic E-state index is 0.293. The van der Waals surface area contributed by atoms with E-state index in [1.807, 2.05) is 18.2 Å². The van der Waals surface area contributed by atoms with Gasteiger partial charge >= 0.3 is 5.97 Å². The van der Waals surface area contributed by atoms with Crippen molar-refractivity contribution >= 4 is 21.9 Å². The highest BCUT2D eigenvalue weighted by molar-refractivity contribution is 9.09. The molecule has 0 spiro atoms. The Balaban J connectivity index is 2.73. The van der Waals surface area contributed by atoms with Crippen molar-refractivity contribution in [3.05, 3.63) is 30.1 Å². The molecule has 0 bridgehead atoms. The number of carbonyl (C=O) groups excluding carboxylic acids is 1. The summed E-state index contributed by atoms with van der Waals surface area (Å²) in [5.41, 5.74) is 0.759. The zero-order chi connectivity index (χ0) is 9.68. The lowest BCUT2D eigenvalue weighted by Crippen LogP contribution is -2.10. The zero-order valence-corrected chi connectivity index (χ0v) is 8.82. The summed E-state index contributed by atoms with van der Waals surface area (Å²) in [6, 6.07) is 5.51. The maximum Gasteiger partial charge on any atom is 0.303 e. The zero-order valence-electron chi connectivity index (χ0n) is 7.24. The second-order valence-corrected chi connectivity index (χ2v) is 3.15. The van der Waals surface area contributed by atoms with E-state index in [0.717, 1.165) is 5.69 Å². The molecule has 0 radical (unpaired) electrons. The Hall–Kier alpha value is -0.900. The minimum atomic E-state index is -0.296. The molecule has 0 aromatic carbocycles. The highest BCUT2D eigenvalue weighted by atomic mass is 79.9. The average Bonchev–Trinajstić information content (AvgIpc) is 2.15. The summed E-state index contributed by atoms with van der Waals surface area (Å²) < 4.78 is 5.04. The number of ether oxygens (including phenoxy) is 1. The standard InChI is InChI=1S/C9H10BrNO2/c1-7(12)13-9(6-10)8-4-2-3-5-11-8/h2-5,9H,6H2,1H3. The molecule has 0 aliphatic rings. The molecule has 13 heavy (non-hydrogen) atoms. The Bertz CT molecular complexity index is 276. The van der Waals surface area contributed by atoms with E-state index in [2.05, 4.69) is 20.9 Å². The molecule has 0 saturated heterocycles. The molecule has 3 nitrogen and oxygen atoms in total. The Morgan fingerprint density at radius 3 is 2.92 bits per heavy atom. The fourth-order valence-electron chi connectivity index (χ4n) is 0.938. The smallest absolute Gasteiger partial charge is 0.303 e. The Labute approximate surface area is 85.3 Å². The number of esters is 1. The van der Waals surface area contributed by atoms with Crippen LogP contribution in [0.5, 0.6) is 0 Å². The van der Waals surface area contributed by atoms with Crippen LogP contribution < -0.4 is 0 Å². The van der Waals surface area contributed by atoms with Crippen molar-refractivity contribution in [2.45, 2.75) is 13.0 Å². The number of nitrogens with zero attached hydrogens (tertiary/aromatic N) is 1. The molecule has 0 saturated carbocycles. The topological polar surface area (TPSA) is 39.2 Å². The molecule has 0 N–H and O–H groups in total. The van der Waals surface area contributed by atoms with Crippen LogP contribution in [0.1, 0.15) is 18.7 Å². The van der Waals surface area contributed by atoms with Gasteiger partial charge in [-0.1, -0.05) is 22.0 Å². The predicted octanol–water partition coefficient (Wildman–Crippen LogP) is 2.08. The number of hydrogen-bond donors (Lipinski definition) is 0. The molecule has 4 heteroatoms. The number of aromatic nitrogens is 1. The second kappa shape index (κ2) is 4.97. The first-order valence-electron chi connectivity index (χ1n) is 3.88. The Kier molecular flexibility index (Phi) is 3.89.